The topological polar surface area (TPSA) is 83.3 Å². The van der Waals surface area contributed by atoms with Crippen molar-refractivity contribution in [2.24, 2.45) is 0 Å². The lowest BCUT2D eigenvalue weighted by molar-refractivity contribution is 0.240. The molecule has 2 aromatic carbocycles. The van der Waals surface area contributed by atoms with Crippen LogP contribution in [0.4, 0.5) is 10.6 Å². The van der Waals surface area contributed by atoms with Crippen LogP contribution in [-0.4, -0.2) is 39.8 Å². The van der Waals surface area contributed by atoms with E-state index in [1.807, 2.05) is 48.5 Å². The van der Waals surface area contributed by atoms with Gasteiger partial charge in [0.05, 0.1) is 16.4 Å². The molecule has 180 valence electrons. The van der Waals surface area contributed by atoms with E-state index in [0.717, 1.165) is 53.0 Å². The third-order valence-corrected chi connectivity index (χ3v) is 7.00. The van der Waals surface area contributed by atoms with Crippen LogP contribution >= 0.6 is 27.5 Å². The van der Waals surface area contributed by atoms with Gasteiger partial charge in [0.2, 0.25) is 0 Å². The zero-order valence-corrected chi connectivity index (χ0v) is 21.4. The van der Waals surface area contributed by atoms with Gasteiger partial charge in [-0.1, -0.05) is 60.1 Å². The lowest BCUT2D eigenvalue weighted by Gasteiger charge is -2.12. The smallest absolute Gasteiger partial charge is 0.315 e. The van der Waals surface area contributed by atoms with Gasteiger partial charge in [-0.05, 0) is 46.8 Å². The first-order valence-electron chi connectivity index (χ1n) is 11.7. The number of fused-ring (bicyclic) bond motifs is 1. The highest BCUT2D eigenvalue weighted by Gasteiger charge is 2.39. The minimum absolute atomic E-state index is 0.0944. The predicted molar refractivity (Wildman–Crippen MR) is 143 cm³/mol. The molecule has 2 atom stereocenters. The molecule has 35 heavy (non-hydrogen) atoms. The van der Waals surface area contributed by atoms with E-state index in [1.165, 1.54) is 5.56 Å². The van der Waals surface area contributed by atoms with E-state index in [-0.39, 0.29) is 12.1 Å². The molecule has 5 rings (SSSR count). The molecule has 0 radical (unpaired) electrons. The van der Waals surface area contributed by atoms with Crippen LogP contribution in [0.25, 0.3) is 16.9 Å². The minimum Gasteiger partial charge on any atom is -0.370 e. The quantitative estimate of drug-likeness (QED) is 0.227. The Morgan fingerprint density at radius 2 is 1.86 bits per heavy atom. The Morgan fingerprint density at radius 1 is 1.09 bits per heavy atom. The summed E-state index contributed by atoms with van der Waals surface area (Å²) in [6, 6.07) is 20.1. The van der Waals surface area contributed by atoms with Gasteiger partial charge < -0.3 is 16.0 Å². The summed E-state index contributed by atoms with van der Waals surface area (Å²) in [4.78, 5) is 16.9. The van der Waals surface area contributed by atoms with Crippen LogP contribution in [0, 0.1) is 0 Å². The maximum Gasteiger partial charge on any atom is 0.315 e. The highest BCUT2D eigenvalue weighted by atomic mass is 79.9. The molecule has 0 bridgehead atoms. The van der Waals surface area contributed by atoms with Crippen molar-refractivity contribution in [2.75, 3.05) is 18.4 Å². The fourth-order valence-corrected chi connectivity index (χ4v) is 4.76. The third-order valence-electron chi connectivity index (χ3n) is 6.11. The molecule has 1 unspecified atom stereocenters. The average molecular weight is 554 g/mol. The number of amides is 2. The number of aromatic nitrogens is 3. The van der Waals surface area contributed by atoms with Crippen LogP contribution in [0.1, 0.15) is 30.7 Å². The monoisotopic (exact) mass is 552 g/mol. The first-order valence-corrected chi connectivity index (χ1v) is 12.9. The molecule has 0 aliphatic heterocycles. The zero-order valence-electron chi connectivity index (χ0n) is 19.0. The molecular weight excluding hydrogens is 528 g/mol. The van der Waals surface area contributed by atoms with Crippen molar-refractivity contribution in [3.8, 4) is 11.3 Å². The molecule has 1 aliphatic rings. The van der Waals surface area contributed by atoms with Gasteiger partial charge in [0.15, 0.2) is 5.65 Å². The van der Waals surface area contributed by atoms with Crippen molar-refractivity contribution < 1.29 is 4.79 Å². The van der Waals surface area contributed by atoms with Gasteiger partial charge in [-0.2, -0.15) is 9.61 Å². The van der Waals surface area contributed by atoms with Gasteiger partial charge in [0.25, 0.3) is 0 Å². The number of hydrogen-bond acceptors (Lipinski definition) is 4. The Morgan fingerprint density at radius 3 is 2.69 bits per heavy atom. The van der Waals surface area contributed by atoms with Crippen LogP contribution < -0.4 is 16.0 Å². The second-order valence-electron chi connectivity index (χ2n) is 8.63. The summed E-state index contributed by atoms with van der Waals surface area (Å²) < 4.78 is 2.59. The summed E-state index contributed by atoms with van der Waals surface area (Å²) in [5, 5.41) is 14.6. The van der Waals surface area contributed by atoms with Gasteiger partial charge in [0, 0.05) is 41.7 Å². The van der Waals surface area contributed by atoms with Crippen molar-refractivity contribution in [1.82, 2.24) is 25.2 Å². The molecule has 7 nitrogen and oxygen atoms in total. The maximum absolute atomic E-state index is 12.2. The number of unbranched alkanes of at least 4 members (excludes halogenated alkanes) is 1. The number of benzene rings is 2. The molecule has 2 aromatic heterocycles. The molecule has 9 heteroatoms. The van der Waals surface area contributed by atoms with E-state index in [1.54, 1.807) is 10.7 Å². The summed E-state index contributed by atoms with van der Waals surface area (Å²) in [7, 11) is 0. The summed E-state index contributed by atoms with van der Waals surface area (Å²) >= 11 is 9.93. The van der Waals surface area contributed by atoms with Crippen LogP contribution in [0.5, 0.6) is 0 Å². The molecule has 4 aromatic rings. The van der Waals surface area contributed by atoms with Crippen LogP contribution in [0.2, 0.25) is 5.02 Å². The number of urea groups is 1. The maximum atomic E-state index is 12.2. The first kappa shape index (κ1) is 23.6. The highest BCUT2D eigenvalue weighted by Crippen LogP contribution is 2.40. The number of anilines is 1. The van der Waals surface area contributed by atoms with Crippen molar-refractivity contribution in [2.45, 2.75) is 31.2 Å². The second kappa shape index (κ2) is 10.7. The molecule has 2 amide bonds. The normalized spacial score (nSPS) is 16.7. The zero-order chi connectivity index (χ0) is 24.2. The van der Waals surface area contributed by atoms with Crippen LogP contribution in [0.15, 0.2) is 71.3 Å². The Bertz CT molecular complexity index is 1330. The Hall–Kier alpha value is -3.10. The Balaban J connectivity index is 1.10. The van der Waals surface area contributed by atoms with Gasteiger partial charge in [-0.25, -0.2) is 9.78 Å². The van der Waals surface area contributed by atoms with Gasteiger partial charge in [-0.15, -0.1) is 0 Å². The van der Waals surface area contributed by atoms with Crippen molar-refractivity contribution in [3.63, 3.8) is 0 Å². The van der Waals surface area contributed by atoms with Crippen LogP contribution in [-0.2, 0) is 0 Å². The molecule has 1 saturated carbocycles. The second-order valence-corrected chi connectivity index (χ2v) is 9.89. The number of rotatable bonds is 9. The lowest BCUT2D eigenvalue weighted by Crippen LogP contribution is -2.37. The molecule has 0 spiro atoms. The standard InChI is InChI=1S/C26H26BrClN6O/c27-20-16-31-34-24(15-23(32-25(20)34)18-10-4-5-11-21(18)28)29-12-6-7-13-30-26(35)33-22-14-19(22)17-8-2-1-3-9-17/h1-5,8-11,15-16,19,22,29H,6-7,12-14H2,(H2,30,33,35)/t19-,22?/m0/s1. The van der Waals surface area contributed by atoms with E-state index in [2.05, 4.69) is 49.1 Å². The Labute approximate surface area is 217 Å². The SMILES string of the molecule is O=C(NCCCCNc1cc(-c2ccccc2Cl)nc2c(Br)cnn12)NC1C[C@H]1c1ccccc1. The number of carbonyl (C=O) groups is 1. The van der Waals surface area contributed by atoms with E-state index in [9.17, 15) is 4.79 Å². The number of nitrogens with zero attached hydrogens (tertiary/aromatic N) is 3. The minimum atomic E-state index is -0.0944. The summed E-state index contributed by atoms with van der Waals surface area (Å²) in [5.41, 5.74) is 3.65. The summed E-state index contributed by atoms with van der Waals surface area (Å²) in [6.07, 6.45) is 4.49. The molecule has 3 N–H and O–H groups in total. The van der Waals surface area contributed by atoms with Crippen molar-refractivity contribution in [1.29, 1.82) is 0 Å². The highest BCUT2D eigenvalue weighted by molar-refractivity contribution is 9.10. The Kier molecular flexibility index (Phi) is 7.20. The molecule has 0 saturated heterocycles. The average Bonchev–Trinajstić information content (AvgIpc) is 3.54. The van der Waals surface area contributed by atoms with E-state index in [0.29, 0.717) is 17.5 Å². The van der Waals surface area contributed by atoms with E-state index >= 15 is 0 Å². The molecular formula is C26H26BrClN6O. The number of nitrogens with one attached hydrogen (secondary N) is 3. The molecule has 2 heterocycles. The van der Waals surface area contributed by atoms with Gasteiger partial charge in [0.1, 0.15) is 5.82 Å². The number of halogens is 2. The van der Waals surface area contributed by atoms with Gasteiger partial charge >= 0.3 is 6.03 Å². The number of carbonyl (C=O) groups excluding carboxylic acids is 1. The fraction of sp³-hybridized carbons (Fsp3) is 0.269. The number of hydrogen-bond donors (Lipinski definition) is 3. The van der Waals surface area contributed by atoms with E-state index in [4.69, 9.17) is 16.6 Å². The third kappa shape index (κ3) is 5.60. The fourth-order valence-electron chi connectivity index (χ4n) is 4.18. The van der Waals surface area contributed by atoms with Crippen molar-refractivity contribution >= 4 is 45.0 Å². The molecule has 1 aliphatic carbocycles. The predicted octanol–water partition coefficient (Wildman–Crippen LogP) is 5.86. The molecule has 1 fully saturated rings. The summed E-state index contributed by atoms with van der Waals surface area (Å²) in [5.74, 6) is 1.27. The lowest BCUT2D eigenvalue weighted by atomic mass is 10.1. The van der Waals surface area contributed by atoms with E-state index < -0.39 is 0 Å². The summed E-state index contributed by atoms with van der Waals surface area (Å²) in [6.45, 7) is 1.36. The van der Waals surface area contributed by atoms with Crippen molar-refractivity contribution in [3.05, 3.63) is 81.9 Å². The first-order chi connectivity index (χ1) is 17.1. The van der Waals surface area contributed by atoms with Crippen LogP contribution in [0.3, 0.4) is 0 Å². The van der Waals surface area contributed by atoms with Gasteiger partial charge in [-0.3, -0.25) is 0 Å². The largest absolute Gasteiger partial charge is 0.370 e.